The van der Waals surface area contributed by atoms with Gasteiger partial charge < -0.3 is 4.90 Å². The molecule has 3 heteroatoms. The van der Waals surface area contributed by atoms with E-state index in [1.54, 1.807) is 0 Å². The predicted molar refractivity (Wildman–Crippen MR) is 80.7 cm³/mol. The minimum atomic E-state index is 0.764. The SMILES string of the molecule is CCCCCCN=C(c1ccc(Cl)cc1)N(C)C. The molecule has 1 rings (SSSR count). The van der Waals surface area contributed by atoms with Crippen molar-refractivity contribution >= 4 is 17.4 Å². The van der Waals surface area contributed by atoms with Crippen LogP contribution in [0.4, 0.5) is 0 Å². The van der Waals surface area contributed by atoms with E-state index in [4.69, 9.17) is 16.6 Å². The van der Waals surface area contributed by atoms with Crippen LogP contribution in [0.3, 0.4) is 0 Å². The van der Waals surface area contributed by atoms with Gasteiger partial charge in [-0.3, -0.25) is 4.99 Å². The molecule has 1 aromatic rings. The Morgan fingerprint density at radius 2 is 1.78 bits per heavy atom. The second-order valence-electron chi connectivity index (χ2n) is 4.67. The molecule has 0 saturated carbocycles. The van der Waals surface area contributed by atoms with E-state index in [1.807, 2.05) is 38.4 Å². The van der Waals surface area contributed by atoms with Crippen LogP contribution < -0.4 is 0 Å². The molecule has 18 heavy (non-hydrogen) atoms. The Bertz CT molecular complexity index is 369. The van der Waals surface area contributed by atoms with Gasteiger partial charge in [0.2, 0.25) is 0 Å². The largest absolute Gasteiger partial charge is 0.363 e. The number of hydrogen-bond donors (Lipinski definition) is 0. The maximum Gasteiger partial charge on any atom is 0.130 e. The Morgan fingerprint density at radius 1 is 1.11 bits per heavy atom. The number of rotatable bonds is 6. The molecule has 0 aliphatic carbocycles. The van der Waals surface area contributed by atoms with E-state index in [9.17, 15) is 0 Å². The number of hydrogen-bond acceptors (Lipinski definition) is 1. The molecule has 0 aliphatic heterocycles. The third-order valence-corrected chi connectivity index (χ3v) is 3.05. The summed E-state index contributed by atoms with van der Waals surface area (Å²) < 4.78 is 0. The number of unbranched alkanes of at least 4 members (excludes halogenated alkanes) is 3. The fourth-order valence-corrected chi connectivity index (χ4v) is 1.94. The number of halogens is 1. The standard InChI is InChI=1S/C15H23ClN2/c1-4-5-6-7-12-17-15(18(2)3)13-8-10-14(16)11-9-13/h8-11H,4-7,12H2,1-3H3. The molecule has 0 bridgehead atoms. The molecule has 0 heterocycles. The van der Waals surface area contributed by atoms with Crippen LogP contribution in [0.2, 0.25) is 5.02 Å². The van der Waals surface area contributed by atoms with Crippen LogP contribution in [0.25, 0.3) is 0 Å². The predicted octanol–water partition coefficient (Wildman–Crippen LogP) is 4.23. The molecule has 0 saturated heterocycles. The summed E-state index contributed by atoms with van der Waals surface area (Å²) in [4.78, 5) is 6.75. The van der Waals surface area contributed by atoms with Crippen molar-refractivity contribution < 1.29 is 0 Å². The highest BCUT2D eigenvalue weighted by molar-refractivity contribution is 6.30. The Hall–Kier alpha value is -1.02. The van der Waals surface area contributed by atoms with E-state index in [0.717, 1.165) is 23.0 Å². The van der Waals surface area contributed by atoms with Gasteiger partial charge in [0.15, 0.2) is 0 Å². The van der Waals surface area contributed by atoms with Gasteiger partial charge in [-0.1, -0.05) is 37.8 Å². The van der Waals surface area contributed by atoms with Crippen LogP contribution in [0.15, 0.2) is 29.3 Å². The number of benzene rings is 1. The summed E-state index contributed by atoms with van der Waals surface area (Å²) >= 11 is 5.90. The molecule has 0 amide bonds. The van der Waals surface area contributed by atoms with Crippen LogP contribution in [0, 0.1) is 0 Å². The molecule has 0 aromatic heterocycles. The summed E-state index contributed by atoms with van der Waals surface area (Å²) in [7, 11) is 4.05. The molecule has 1 aromatic carbocycles. The van der Waals surface area contributed by atoms with Crippen molar-refractivity contribution in [2.24, 2.45) is 4.99 Å². The summed E-state index contributed by atoms with van der Waals surface area (Å²) in [5.74, 6) is 1.03. The van der Waals surface area contributed by atoms with Gasteiger partial charge in [-0.15, -0.1) is 0 Å². The lowest BCUT2D eigenvalue weighted by atomic mass is 10.2. The molecule has 0 atom stereocenters. The minimum Gasteiger partial charge on any atom is -0.363 e. The summed E-state index contributed by atoms with van der Waals surface area (Å²) in [5, 5.41) is 0.764. The molecular formula is C15H23ClN2. The fourth-order valence-electron chi connectivity index (χ4n) is 1.81. The van der Waals surface area contributed by atoms with E-state index in [2.05, 4.69) is 11.8 Å². The smallest absolute Gasteiger partial charge is 0.130 e. The summed E-state index contributed by atoms with van der Waals surface area (Å²) in [6, 6.07) is 7.86. The minimum absolute atomic E-state index is 0.764. The number of amidine groups is 1. The van der Waals surface area contributed by atoms with Gasteiger partial charge in [0.25, 0.3) is 0 Å². The van der Waals surface area contributed by atoms with E-state index in [0.29, 0.717) is 0 Å². The fraction of sp³-hybridized carbons (Fsp3) is 0.533. The number of nitrogens with zero attached hydrogens (tertiary/aromatic N) is 2. The first-order chi connectivity index (χ1) is 8.65. The molecule has 0 aliphatic rings. The van der Waals surface area contributed by atoms with Gasteiger partial charge >= 0.3 is 0 Å². The van der Waals surface area contributed by atoms with E-state index >= 15 is 0 Å². The van der Waals surface area contributed by atoms with Crippen molar-refractivity contribution in [3.8, 4) is 0 Å². The van der Waals surface area contributed by atoms with E-state index < -0.39 is 0 Å². The van der Waals surface area contributed by atoms with Gasteiger partial charge in [-0.25, -0.2) is 0 Å². The lowest BCUT2D eigenvalue weighted by Gasteiger charge is -2.16. The van der Waals surface area contributed by atoms with Crippen molar-refractivity contribution in [2.45, 2.75) is 32.6 Å². The van der Waals surface area contributed by atoms with Crippen LogP contribution in [-0.4, -0.2) is 31.4 Å². The first kappa shape index (κ1) is 15.0. The van der Waals surface area contributed by atoms with Crippen molar-refractivity contribution in [3.05, 3.63) is 34.9 Å². The molecule has 2 nitrogen and oxygen atoms in total. The van der Waals surface area contributed by atoms with Gasteiger partial charge in [-0.2, -0.15) is 0 Å². The molecule has 0 fully saturated rings. The monoisotopic (exact) mass is 266 g/mol. The first-order valence-corrected chi connectivity index (χ1v) is 7.00. The zero-order chi connectivity index (χ0) is 13.4. The average molecular weight is 267 g/mol. The highest BCUT2D eigenvalue weighted by Crippen LogP contribution is 2.11. The maximum atomic E-state index is 5.90. The van der Waals surface area contributed by atoms with Crippen LogP contribution in [-0.2, 0) is 0 Å². The first-order valence-electron chi connectivity index (χ1n) is 6.63. The third-order valence-electron chi connectivity index (χ3n) is 2.80. The highest BCUT2D eigenvalue weighted by atomic mass is 35.5. The molecule has 0 spiro atoms. The maximum absolute atomic E-state index is 5.90. The van der Waals surface area contributed by atoms with Gasteiger partial charge in [0, 0.05) is 31.2 Å². The second kappa shape index (κ2) is 8.15. The lowest BCUT2D eigenvalue weighted by Crippen LogP contribution is -2.23. The number of aliphatic imine (C=N–C) groups is 1. The molecule has 0 unspecified atom stereocenters. The molecular weight excluding hydrogens is 244 g/mol. The Morgan fingerprint density at radius 3 is 2.33 bits per heavy atom. The molecule has 0 N–H and O–H groups in total. The Balaban J connectivity index is 2.64. The Labute approximate surface area is 116 Å². The zero-order valence-corrected chi connectivity index (χ0v) is 12.4. The van der Waals surface area contributed by atoms with Crippen molar-refractivity contribution in [2.75, 3.05) is 20.6 Å². The zero-order valence-electron chi connectivity index (χ0n) is 11.6. The summed E-state index contributed by atoms with van der Waals surface area (Å²) in [6.45, 7) is 3.12. The third kappa shape index (κ3) is 5.09. The summed E-state index contributed by atoms with van der Waals surface area (Å²) in [6.07, 6.45) is 5.00. The van der Waals surface area contributed by atoms with Crippen LogP contribution >= 0.6 is 11.6 Å². The molecule has 0 radical (unpaired) electrons. The lowest BCUT2D eigenvalue weighted by molar-refractivity contribution is 0.612. The normalized spacial score (nSPS) is 11.7. The van der Waals surface area contributed by atoms with Gasteiger partial charge in [0.05, 0.1) is 0 Å². The second-order valence-corrected chi connectivity index (χ2v) is 5.10. The summed E-state index contributed by atoms with van der Waals surface area (Å²) in [5.41, 5.74) is 1.12. The van der Waals surface area contributed by atoms with Crippen LogP contribution in [0.5, 0.6) is 0 Å². The highest BCUT2D eigenvalue weighted by Gasteiger charge is 2.05. The topological polar surface area (TPSA) is 15.6 Å². The van der Waals surface area contributed by atoms with Crippen molar-refractivity contribution in [3.63, 3.8) is 0 Å². The quantitative estimate of drug-likeness (QED) is 0.427. The van der Waals surface area contributed by atoms with Crippen molar-refractivity contribution in [1.82, 2.24) is 4.90 Å². The van der Waals surface area contributed by atoms with Gasteiger partial charge in [0.1, 0.15) is 5.84 Å². The van der Waals surface area contributed by atoms with E-state index in [1.165, 1.54) is 25.7 Å². The average Bonchev–Trinajstić information content (AvgIpc) is 2.35. The van der Waals surface area contributed by atoms with Crippen molar-refractivity contribution in [1.29, 1.82) is 0 Å². The Kier molecular flexibility index (Phi) is 6.81. The van der Waals surface area contributed by atoms with Crippen LogP contribution in [0.1, 0.15) is 38.2 Å². The molecule has 100 valence electrons. The van der Waals surface area contributed by atoms with E-state index in [-0.39, 0.29) is 0 Å². The van der Waals surface area contributed by atoms with Gasteiger partial charge in [-0.05, 0) is 30.7 Å².